The van der Waals surface area contributed by atoms with Crippen molar-refractivity contribution in [2.45, 2.75) is 40.2 Å². The van der Waals surface area contributed by atoms with Gasteiger partial charge in [-0.25, -0.2) is 0 Å². The van der Waals surface area contributed by atoms with Crippen LogP contribution in [0.25, 0.3) is 0 Å². The molecule has 17 heavy (non-hydrogen) atoms. The Balaban J connectivity index is 2.23. The van der Waals surface area contributed by atoms with Crippen LogP contribution in [0.15, 0.2) is 11.8 Å². The Morgan fingerprint density at radius 1 is 1.29 bits per heavy atom. The van der Waals surface area contributed by atoms with Gasteiger partial charge in [0.25, 0.3) is 0 Å². The second kappa shape index (κ2) is 3.86. The van der Waals surface area contributed by atoms with E-state index in [4.69, 9.17) is 9.47 Å². The third kappa shape index (κ3) is 1.96. The highest BCUT2D eigenvalue weighted by Crippen LogP contribution is 2.60. The van der Waals surface area contributed by atoms with Crippen molar-refractivity contribution in [1.82, 2.24) is 0 Å². The van der Waals surface area contributed by atoms with Gasteiger partial charge in [0, 0.05) is 25.7 Å². The van der Waals surface area contributed by atoms with E-state index in [0.717, 1.165) is 6.42 Å². The molecule has 0 aliphatic heterocycles. The van der Waals surface area contributed by atoms with Gasteiger partial charge >= 0.3 is 11.9 Å². The van der Waals surface area contributed by atoms with E-state index in [1.165, 1.54) is 13.8 Å². The van der Waals surface area contributed by atoms with Crippen molar-refractivity contribution < 1.29 is 19.1 Å². The second-order valence-electron chi connectivity index (χ2n) is 5.45. The van der Waals surface area contributed by atoms with Crippen LogP contribution in [-0.2, 0) is 19.1 Å². The average Bonchev–Trinajstić information content (AvgIpc) is 2.13. The zero-order valence-corrected chi connectivity index (χ0v) is 10.6. The average molecular weight is 238 g/mol. The van der Waals surface area contributed by atoms with Gasteiger partial charge in [0.2, 0.25) is 0 Å². The van der Waals surface area contributed by atoms with Crippen molar-refractivity contribution in [1.29, 1.82) is 0 Å². The van der Waals surface area contributed by atoms with Crippen molar-refractivity contribution in [2.75, 3.05) is 0 Å². The van der Waals surface area contributed by atoms with Gasteiger partial charge in [0.15, 0.2) is 0 Å². The molecule has 0 spiro atoms. The standard InChI is InChI=1S/C13H18O4/c1-7(14)16-11-6-12(17-8(2)15)10-5-9(11)13(10,3)4/h6,9-11H,5H2,1-4H3/t9?,10-,11?/m1/s1. The molecule has 0 saturated heterocycles. The molecule has 4 heteroatoms. The smallest absolute Gasteiger partial charge is 0.307 e. The number of rotatable bonds is 2. The van der Waals surface area contributed by atoms with Crippen molar-refractivity contribution in [2.24, 2.45) is 17.3 Å². The Labute approximate surface area is 101 Å². The van der Waals surface area contributed by atoms with E-state index in [1.807, 2.05) is 0 Å². The van der Waals surface area contributed by atoms with Crippen LogP contribution in [0.3, 0.4) is 0 Å². The van der Waals surface area contributed by atoms with E-state index in [1.54, 1.807) is 6.08 Å². The number of hydrogen-bond acceptors (Lipinski definition) is 4. The zero-order chi connectivity index (χ0) is 12.8. The molecule has 0 aromatic carbocycles. The van der Waals surface area contributed by atoms with Gasteiger partial charge in [-0.2, -0.15) is 0 Å². The highest BCUT2D eigenvalue weighted by atomic mass is 16.6. The minimum absolute atomic E-state index is 0.0274. The number of fused-ring (bicyclic) bond motifs is 1. The van der Waals surface area contributed by atoms with Gasteiger partial charge in [-0.15, -0.1) is 0 Å². The first-order valence-electron chi connectivity index (χ1n) is 5.89. The molecular weight excluding hydrogens is 220 g/mol. The van der Waals surface area contributed by atoms with E-state index in [0.29, 0.717) is 11.7 Å². The zero-order valence-electron chi connectivity index (χ0n) is 10.6. The van der Waals surface area contributed by atoms with Gasteiger partial charge in [0.1, 0.15) is 11.9 Å². The van der Waals surface area contributed by atoms with Crippen molar-refractivity contribution in [3.63, 3.8) is 0 Å². The van der Waals surface area contributed by atoms with E-state index in [-0.39, 0.29) is 29.4 Å². The van der Waals surface area contributed by atoms with Crippen molar-refractivity contribution >= 4 is 11.9 Å². The number of allylic oxidation sites excluding steroid dienone is 1. The predicted octanol–water partition coefficient (Wildman–Crippen LogP) is 2.04. The predicted molar refractivity (Wildman–Crippen MR) is 60.8 cm³/mol. The lowest BCUT2D eigenvalue weighted by molar-refractivity contribution is -0.164. The highest BCUT2D eigenvalue weighted by molar-refractivity contribution is 5.68. The first-order chi connectivity index (χ1) is 7.82. The summed E-state index contributed by atoms with van der Waals surface area (Å²) in [4.78, 5) is 22.1. The Morgan fingerprint density at radius 2 is 1.94 bits per heavy atom. The summed E-state index contributed by atoms with van der Waals surface area (Å²) in [6, 6.07) is 0. The van der Waals surface area contributed by atoms with Crippen LogP contribution < -0.4 is 0 Å². The van der Waals surface area contributed by atoms with Crippen molar-refractivity contribution in [3.05, 3.63) is 11.8 Å². The van der Waals surface area contributed by atoms with Gasteiger partial charge in [-0.3, -0.25) is 9.59 Å². The van der Waals surface area contributed by atoms with E-state index in [9.17, 15) is 9.59 Å². The lowest BCUT2D eigenvalue weighted by Crippen LogP contribution is -2.55. The van der Waals surface area contributed by atoms with Gasteiger partial charge in [-0.05, 0) is 17.9 Å². The summed E-state index contributed by atoms with van der Waals surface area (Å²) in [6.45, 7) is 7.04. The topological polar surface area (TPSA) is 52.6 Å². The molecule has 3 aliphatic carbocycles. The third-order valence-corrected chi connectivity index (χ3v) is 3.98. The van der Waals surface area contributed by atoms with Crippen LogP contribution in [0.2, 0.25) is 0 Å². The van der Waals surface area contributed by atoms with E-state index in [2.05, 4.69) is 13.8 Å². The quantitative estimate of drug-likeness (QED) is 0.691. The Bertz CT molecular complexity index is 394. The molecule has 0 radical (unpaired) electrons. The maximum absolute atomic E-state index is 11.1. The third-order valence-electron chi connectivity index (χ3n) is 3.98. The van der Waals surface area contributed by atoms with Gasteiger partial charge in [-0.1, -0.05) is 13.8 Å². The molecule has 0 aromatic heterocycles. The van der Waals surface area contributed by atoms with Crippen molar-refractivity contribution in [3.8, 4) is 0 Å². The summed E-state index contributed by atoms with van der Waals surface area (Å²) in [7, 11) is 0. The van der Waals surface area contributed by atoms with Gasteiger partial charge < -0.3 is 9.47 Å². The molecule has 1 saturated carbocycles. The molecule has 4 nitrogen and oxygen atoms in total. The van der Waals surface area contributed by atoms with Crippen LogP contribution in [0, 0.1) is 17.3 Å². The van der Waals surface area contributed by atoms with Crippen LogP contribution in [0.4, 0.5) is 0 Å². The van der Waals surface area contributed by atoms with Crippen LogP contribution in [0.5, 0.6) is 0 Å². The Hall–Kier alpha value is -1.32. The van der Waals surface area contributed by atoms with E-state index < -0.39 is 0 Å². The van der Waals surface area contributed by atoms with Gasteiger partial charge in [0.05, 0.1) is 0 Å². The molecule has 2 unspecified atom stereocenters. The fourth-order valence-electron chi connectivity index (χ4n) is 2.97. The molecular formula is C13H18O4. The number of esters is 2. The summed E-state index contributed by atoms with van der Waals surface area (Å²) >= 11 is 0. The molecule has 0 heterocycles. The number of hydrogen-bond donors (Lipinski definition) is 0. The summed E-state index contributed by atoms with van der Waals surface area (Å²) in [6.07, 6.45) is 2.44. The maximum Gasteiger partial charge on any atom is 0.307 e. The van der Waals surface area contributed by atoms with Crippen LogP contribution in [-0.4, -0.2) is 18.0 Å². The number of carbonyl (C=O) groups excluding carboxylic acids is 2. The molecule has 3 aliphatic rings. The normalized spacial score (nSPS) is 33.2. The monoisotopic (exact) mass is 238 g/mol. The fourth-order valence-corrected chi connectivity index (χ4v) is 2.97. The molecule has 94 valence electrons. The maximum atomic E-state index is 11.1. The van der Waals surface area contributed by atoms with E-state index >= 15 is 0 Å². The highest BCUT2D eigenvalue weighted by Gasteiger charge is 2.57. The fraction of sp³-hybridized carbons (Fsp3) is 0.692. The minimum Gasteiger partial charge on any atom is -0.458 e. The molecule has 1 fully saturated rings. The number of ether oxygens (including phenoxy) is 2. The summed E-state index contributed by atoms with van der Waals surface area (Å²) in [5.74, 6) is 0.642. The summed E-state index contributed by atoms with van der Waals surface area (Å²) in [5.41, 5.74) is 0.0274. The minimum atomic E-state index is -0.320. The molecule has 3 atom stereocenters. The first-order valence-corrected chi connectivity index (χ1v) is 5.89. The Morgan fingerprint density at radius 3 is 2.41 bits per heavy atom. The molecule has 0 amide bonds. The summed E-state index contributed by atoms with van der Waals surface area (Å²) in [5, 5.41) is 0. The lowest BCUT2D eigenvalue weighted by atomic mass is 9.49. The molecule has 0 aromatic rings. The Kier molecular flexibility index (Phi) is 2.76. The lowest BCUT2D eigenvalue weighted by Gasteiger charge is -2.57. The van der Waals surface area contributed by atoms with Crippen LogP contribution >= 0.6 is 0 Å². The molecule has 3 rings (SSSR count). The molecule has 0 N–H and O–H groups in total. The summed E-state index contributed by atoms with van der Waals surface area (Å²) < 4.78 is 10.5. The second-order valence-corrected chi connectivity index (χ2v) is 5.45. The first kappa shape index (κ1) is 12.1. The van der Waals surface area contributed by atoms with Crippen LogP contribution in [0.1, 0.15) is 34.1 Å². The largest absolute Gasteiger partial charge is 0.458 e. The SMILES string of the molecule is CC(=O)OC1=CC(OC(C)=O)C2C[C@H]1C2(C)C. The number of carbonyl (C=O) groups is 2. The molecule has 2 bridgehead atoms.